The number of nitrogens with two attached hydrogens (primary N) is 1. The monoisotopic (exact) mass is 359 g/mol. The summed E-state index contributed by atoms with van der Waals surface area (Å²) in [6.07, 6.45) is -0.392. The molecule has 0 amide bonds. The summed E-state index contributed by atoms with van der Waals surface area (Å²) in [7, 11) is 0. The topological polar surface area (TPSA) is 43.1 Å². The first-order valence-corrected chi connectivity index (χ1v) is 6.78. The summed E-state index contributed by atoms with van der Waals surface area (Å²) in [5, 5.41) is 0.228. The molecule has 104 valence electrons. The molecule has 6 heteroatoms. The summed E-state index contributed by atoms with van der Waals surface area (Å²) < 4.78 is 27.5. The third-order valence-electron chi connectivity index (χ3n) is 2.80. The van der Waals surface area contributed by atoms with Crippen LogP contribution in [0.15, 0.2) is 34.8 Å². The molecule has 0 radical (unpaired) electrons. The molecule has 0 saturated heterocycles. The van der Waals surface area contributed by atoms with E-state index in [-0.39, 0.29) is 20.6 Å². The van der Waals surface area contributed by atoms with Gasteiger partial charge in [0.05, 0.1) is 15.2 Å². The lowest BCUT2D eigenvalue weighted by molar-refractivity contribution is 0.0990. The quantitative estimate of drug-likeness (QED) is 0.501. The second kappa shape index (κ2) is 5.89. The second-order valence-corrected chi connectivity index (χ2v) is 5.42. The molecule has 0 heterocycles. The number of carbonyl (C=O) groups excluding carboxylic acids is 1. The molecule has 2 aromatic carbocycles. The van der Waals surface area contributed by atoms with Crippen LogP contribution in [0, 0.1) is 11.6 Å². The smallest absolute Gasteiger partial charge is 0.167 e. The van der Waals surface area contributed by atoms with Gasteiger partial charge in [0.25, 0.3) is 0 Å². The van der Waals surface area contributed by atoms with Crippen molar-refractivity contribution >= 4 is 39.0 Å². The van der Waals surface area contributed by atoms with Gasteiger partial charge in [0.2, 0.25) is 0 Å². The Hall–Kier alpha value is -1.46. The molecule has 0 unspecified atom stereocenters. The molecule has 0 bridgehead atoms. The fourth-order valence-electron chi connectivity index (χ4n) is 1.69. The number of Topliss-reactive ketones (excluding diaryl/α,β-unsaturated/α-hetero) is 1. The predicted octanol–water partition coefficient (Wildman–Crippen LogP) is 4.39. The highest BCUT2D eigenvalue weighted by Gasteiger charge is 2.17. The third-order valence-corrected chi connectivity index (χ3v) is 3.74. The number of carbonyl (C=O) groups is 1. The second-order valence-electron chi connectivity index (χ2n) is 4.16. The molecule has 0 aromatic heterocycles. The molecule has 2 aromatic rings. The Balaban J connectivity index is 2.32. The van der Waals surface area contributed by atoms with Gasteiger partial charge in [-0.3, -0.25) is 4.79 Å². The molecule has 2 nitrogen and oxygen atoms in total. The maximum absolute atomic E-state index is 13.8. The molecule has 0 fully saturated rings. The Morgan fingerprint density at radius 3 is 2.60 bits per heavy atom. The maximum atomic E-state index is 13.8. The third kappa shape index (κ3) is 2.99. The molecule has 0 atom stereocenters. The normalized spacial score (nSPS) is 10.6. The van der Waals surface area contributed by atoms with E-state index in [0.717, 1.165) is 6.07 Å². The summed E-state index contributed by atoms with van der Waals surface area (Å²) in [5.74, 6) is -1.98. The van der Waals surface area contributed by atoms with Gasteiger partial charge in [-0.05, 0) is 46.3 Å². The minimum Gasteiger partial charge on any atom is -0.398 e. The number of ketones is 1. The van der Waals surface area contributed by atoms with Gasteiger partial charge in [-0.2, -0.15) is 0 Å². The van der Waals surface area contributed by atoms with Gasteiger partial charge in [0, 0.05) is 17.5 Å². The van der Waals surface area contributed by atoms with E-state index in [1.54, 1.807) is 0 Å². The molecule has 0 aliphatic rings. The minimum absolute atomic E-state index is 0.108. The summed E-state index contributed by atoms with van der Waals surface area (Å²) in [6, 6.07) is 6.68. The Labute approximate surface area is 127 Å². The van der Waals surface area contributed by atoms with Crippen LogP contribution in [-0.2, 0) is 6.42 Å². The van der Waals surface area contributed by atoms with Gasteiger partial charge in [-0.15, -0.1) is 0 Å². The molecule has 0 aliphatic carbocycles. The van der Waals surface area contributed by atoms with Crippen molar-refractivity contribution in [2.75, 3.05) is 5.73 Å². The van der Waals surface area contributed by atoms with Crippen LogP contribution in [0.4, 0.5) is 14.5 Å². The summed E-state index contributed by atoms with van der Waals surface area (Å²) in [5.41, 5.74) is 5.85. The number of benzene rings is 2. The Morgan fingerprint density at radius 1 is 1.25 bits per heavy atom. The highest BCUT2D eigenvalue weighted by Crippen LogP contribution is 2.24. The van der Waals surface area contributed by atoms with Crippen molar-refractivity contribution in [3.05, 3.63) is 62.6 Å². The van der Waals surface area contributed by atoms with E-state index in [9.17, 15) is 13.6 Å². The largest absolute Gasteiger partial charge is 0.398 e. The fourth-order valence-corrected chi connectivity index (χ4v) is 2.25. The van der Waals surface area contributed by atoms with Crippen LogP contribution < -0.4 is 5.73 Å². The van der Waals surface area contributed by atoms with Crippen molar-refractivity contribution in [1.82, 2.24) is 0 Å². The van der Waals surface area contributed by atoms with E-state index in [0.29, 0.717) is 5.69 Å². The molecule has 2 N–H and O–H groups in total. The molecule has 0 aliphatic heterocycles. The van der Waals surface area contributed by atoms with Gasteiger partial charge >= 0.3 is 0 Å². The van der Waals surface area contributed by atoms with Crippen molar-refractivity contribution in [2.45, 2.75) is 6.42 Å². The fraction of sp³-hybridized carbons (Fsp3) is 0.0714. The lowest BCUT2D eigenvalue weighted by Crippen LogP contribution is -2.08. The first kappa shape index (κ1) is 14.9. The minimum atomic E-state index is -0.778. The standard InChI is InChI=1S/C14H9BrClF2NO/c15-9-2-3-11(17)8(14(9)18)6-13(20)7-1-4-12(19)10(16)5-7/h1-5H,6,19H2. The Bertz CT molecular complexity index is 691. The van der Waals surface area contributed by atoms with Crippen molar-refractivity contribution in [3.63, 3.8) is 0 Å². The van der Waals surface area contributed by atoms with Crippen LogP contribution in [-0.4, -0.2) is 5.78 Å². The van der Waals surface area contributed by atoms with Crippen LogP contribution in [0.3, 0.4) is 0 Å². The summed E-state index contributed by atoms with van der Waals surface area (Å²) >= 11 is 8.77. The zero-order valence-electron chi connectivity index (χ0n) is 10.1. The van der Waals surface area contributed by atoms with Crippen LogP contribution >= 0.6 is 27.5 Å². The zero-order valence-corrected chi connectivity index (χ0v) is 12.4. The van der Waals surface area contributed by atoms with Gasteiger partial charge in [-0.25, -0.2) is 8.78 Å². The van der Waals surface area contributed by atoms with Crippen LogP contribution in [0.5, 0.6) is 0 Å². The molecular formula is C14H9BrClF2NO. The number of nitrogen functional groups attached to an aromatic ring is 1. The van der Waals surface area contributed by atoms with Crippen LogP contribution in [0.1, 0.15) is 15.9 Å². The van der Waals surface area contributed by atoms with Gasteiger partial charge < -0.3 is 5.73 Å². The van der Waals surface area contributed by atoms with Crippen molar-refractivity contribution in [1.29, 1.82) is 0 Å². The maximum Gasteiger partial charge on any atom is 0.167 e. The van der Waals surface area contributed by atoms with E-state index < -0.39 is 23.8 Å². The van der Waals surface area contributed by atoms with Crippen molar-refractivity contribution < 1.29 is 13.6 Å². The zero-order chi connectivity index (χ0) is 14.9. The summed E-state index contributed by atoms with van der Waals surface area (Å²) in [4.78, 5) is 12.0. The Kier molecular flexibility index (Phi) is 4.40. The van der Waals surface area contributed by atoms with E-state index in [2.05, 4.69) is 15.9 Å². The van der Waals surface area contributed by atoms with Gasteiger partial charge in [0.15, 0.2) is 5.78 Å². The predicted molar refractivity (Wildman–Crippen MR) is 78.0 cm³/mol. The number of hydrogen-bond donors (Lipinski definition) is 1. The molecule has 0 spiro atoms. The van der Waals surface area contributed by atoms with Crippen LogP contribution in [0.2, 0.25) is 5.02 Å². The first-order valence-electron chi connectivity index (χ1n) is 5.60. The molecule has 2 rings (SSSR count). The average Bonchev–Trinajstić information content (AvgIpc) is 2.42. The lowest BCUT2D eigenvalue weighted by atomic mass is 10.0. The number of rotatable bonds is 3. The first-order chi connectivity index (χ1) is 9.40. The number of anilines is 1. The number of hydrogen-bond acceptors (Lipinski definition) is 2. The van der Waals surface area contributed by atoms with E-state index >= 15 is 0 Å². The van der Waals surface area contributed by atoms with Crippen molar-refractivity contribution in [2.24, 2.45) is 0 Å². The van der Waals surface area contributed by atoms with Gasteiger partial charge in [-0.1, -0.05) is 11.6 Å². The lowest BCUT2D eigenvalue weighted by Gasteiger charge is -2.07. The molecule has 20 heavy (non-hydrogen) atoms. The Morgan fingerprint density at radius 2 is 1.95 bits per heavy atom. The summed E-state index contributed by atoms with van der Waals surface area (Å²) in [6.45, 7) is 0. The highest BCUT2D eigenvalue weighted by atomic mass is 79.9. The average molecular weight is 361 g/mol. The van der Waals surface area contributed by atoms with Gasteiger partial charge in [0.1, 0.15) is 11.6 Å². The highest BCUT2D eigenvalue weighted by molar-refractivity contribution is 9.10. The van der Waals surface area contributed by atoms with E-state index in [1.807, 2.05) is 0 Å². The SMILES string of the molecule is Nc1ccc(C(=O)Cc2c(F)ccc(Br)c2F)cc1Cl. The number of halogens is 4. The molecule has 0 saturated carbocycles. The van der Waals surface area contributed by atoms with E-state index in [1.165, 1.54) is 24.3 Å². The molecular weight excluding hydrogens is 352 g/mol. The van der Waals surface area contributed by atoms with Crippen molar-refractivity contribution in [3.8, 4) is 0 Å². The van der Waals surface area contributed by atoms with Crippen LogP contribution in [0.25, 0.3) is 0 Å². The van der Waals surface area contributed by atoms with E-state index in [4.69, 9.17) is 17.3 Å².